The van der Waals surface area contributed by atoms with Gasteiger partial charge in [-0.15, -0.1) is 0 Å². The predicted molar refractivity (Wildman–Crippen MR) is 101 cm³/mol. The fourth-order valence-electron chi connectivity index (χ4n) is 3.60. The molecule has 5 N–H and O–H groups in total. The summed E-state index contributed by atoms with van der Waals surface area (Å²) >= 11 is 0. The monoisotopic (exact) mass is 412 g/mol. The zero-order valence-corrected chi connectivity index (χ0v) is 16.7. The van der Waals surface area contributed by atoms with Gasteiger partial charge in [-0.1, -0.05) is 0 Å². The molecule has 2 unspecified atom stereocenters. The molecule has 2 aliphatic heterocycles. The Labute approximate surface area is 162 Å². The molecule has 2 bridgehead atoms. The number of nitrogens with one attached hydrogen (secondary N) is 1. The van der Waals surface area contributed by atoms with Crippen molar-refractivity contribution in [3.63, 3.8) is 0 Å². The maximum Gasteiger partial charge on any atom is 0.319 e. The molecule has 0 saturated carbocycles. The summed E-state index contributed by atoms with van der Waals surface area (Å²) in [6, 6.07) is -1.62. The number of fused-ring (bicyclic) bond motifs is 4. The fraction of sp³-hybridized carbons (Fsp3) is 0.600. The lowest BCUT2D eigenvalue weighted by Crippen LogP contribution is -2.43. The molecular formula is C15H24N8O4S. The molecule has 12 nitrogen and oxygen atoms in total. The Bertz CT molecular complexity index is 947. The highest BCUT2D eigenvalue weighted by atomic mass is 32.2. The van der Waals surface area contributed by atoms with E-state index in [9.17, 15) is 18.0 Å². The van der Waals surface area contributed by atoms with E-state index in [-0.39, 0.29) is 42.5 Å². The summed E-state index contributed by atoms with van der Waals surface area (Å²) < 4.78 is 26.5. The number of carbonyl (C=O) groups is 2. The van der Waals surface area contributed by atoms with Crippen LogP contribution in [0.25, 0.3) is 0 Å². The molecule has 3 heterocycles. The maximum absolute atomic E-state index is 12.8. The van der Waals surface area contributed by atoms with E-state index in [1.54, 1.807) is 21.1 Å². The van der Waals surface area contributed by atoms with E-state index in [1.807, 2.05) is 0 Å². The summed E-state index contributed by atoms with van der Waals surface area (Å²) in [4.78, 5) is 31.6. The lowest BCUT2D eigenvalue weighted by atomic mass is 9.95. The van der Waals surface area contributed by atoms with Crippen LogP contribution >= 0.6 is 0 Å². The quantitative estimate of drug-likeness (QED) is 0.352. The molecule has 154 valence electrons. The largest absolute Gasteiger partial charge is 0.370 e. The van der Waals surface area contributed by atoms with Crippen molar-refractivity contribution in [3.8, 4) is 0 Å². The third-order valence-corrected chi connectivity index (χ3v) is 6.31. The van der Waals surface area contributed by atoms with Crippen LogP contribution in [0.15, 0.2) is 4.99 Å². The number of hydrogen-bond acceptors (Lipinski definition) is 6. The van der Waals surface area contributed by atoms with Gasteiger partial charge >= 0.3 is 6.03 Å². The van der Waals surface area contributed by atoms with E-state index >= 15 is 0 Å². The van der Waals surface area contributed by atoms with Crippen molar-refractivity contribution >= 4 is 27.7 Å². The standard InChI is InChI=1S/C15H24N8O4S/c1-21(2)13(24)12-11-10(8-6-23(12)15(25)19-8)9(20-22(11)3)7-28(26,27)5-4-18-14(16)17/h8,12H,4-7H2,1-3H3,(H,19,25)(H4,16,17,18). The van der Waals surface area contributed by atoms with Gasteiger partial charge in [0.05, 0.1) is 35.5 Å². The Hall–Kier alpha value is -2.83. The highest BCUT2D eigenvalue weighted by Gasteiger charge is 2.49. The van der Waals surface area contributed by atoms with Crippen molar-refractivity contribution in [2.24, 2.45) is 23.5 Å². The number of sulfone groups is 1. The van der Waals surface area contributed by atoms with Crippen LogP contribution in [0.1, 0.15) is 29.0 Å². The minimum atomic E-state index is -3.55. The molecule has 1 aromatic heterocycles. The Morgan fingerprint density at radius 3 is 2.68 bits per heavy atom. The average Bonchev–Trinajstić information content (AvgIpc) is 3.05. The Morgan fingerprint density at radius 1 is 1.39 bits per heavy atom. The number of aromatic nitrogens is 2. The number of aliphatic imine (C=N–C) groups is 1. The second-order valence-corrected chi connectivity index (χ2v) is 9.24. The topological polar surface area (TPSA) is 169 Å². The van der Waals surface area contributed by atoms with Crippen molar-refractivity contribution < 1.29 is 18.0 Å². The number of urea groups is 1. The second kappa shape index (κ2) is 6.96. The summed E-state index contributed by atoms with van der Waals surface area (Å²) in [5, 5.41) is 7.17. The highest BCUT2D eigenvalue weighted by molar-refractivity contribution is 7.90. The van der Waals surface area contributed by atoms with E-state index in [0.717, 1.165) is 0 Å². The van der Waals surface area contributed by atoms with Crippen LogP contribution in [0, 0.1) is 0 Å². The molecule has 0 aliphatic carbocycles. The summed E-state index contributed by atoms with van der Waals surface area (Å²) in [6.07, 6.45) is 0. The number of nitrogens with zero attached hydrogens (tertiary/aromatic N) is 5. The minimum absolute atomic E-state index is 0.0463. The van der Waals surface area contributed by atoms with E-state index < -0.39 is 21.9 Å². The molecule has 3 rings (SSSR count). The summed E-state index contributed by atoms with van der Waals surface area (Å²) in [7, 11) is 1.30. The predicted octanol–water partition coefficient (Wildman–Crippen LogP) is -2.18. The number of hydrogen-bond donors (Lipinski definition) is 3. The van der Waals surface area contributed by atoms with Crippen molar-refractivity contribution in [1.29, 1.82) is 0 Å². The van der Waals surface area contributed by atoms with E-state index in [0.29, 0.717) is 17.0 Å². The van der Waals surface area contributed by atoms with Crippen LogP contribution in [0.2, 0.25) is 0 Å². The molecule has 3 amide bonds. The normalized spacial score (nSPS) is 20.5. The van der Waals surface area contributed by atoms with Crippen molar-refractivity contribution in [2.45, 2.75) is 17.8 Å². The van der Waals surface area contributed by atoms with Gasteiger partial charge in [0.25, 0.3) is 5.91 Å². The van der Waals surface area contributed by atoms with Gasteiger partial charge in [0, 0.05) is 33.3 Å². The van der Waals surface area contributed by atoms with Gasteiger partial charge in [0.2, 0.25) is 0 Å². The number of nitrogens with two attached hydrogens (primary N) is 2. The Morgan fingerprint density at radius 2 is 2.07 bits per heavy atom. The molecule has 0 radical (unpaired) electrons. The highest BCUT2D eigenvalue weighted by Crippen LogP contribution is 2.41. The van der Waals surface area contributed by atoms with Crippen LogP contribution in [-0.2, 0) is 27.4 Å². The number of aryl methyl sites for hydroxylation is 1. The van der Waals surface area contributed by atoms with Gasteiger partial charge in [-0.2, -0.15) is 5.10 Å². The zero-order chi connectivity index (χ0) is 20.8. The van der Waals surface area contributed by atoms with Gasteiger partial charge in [0.1, 0.15) is 0 Å². The first-order valence-corrected chi connectivity index (χ1v) is 10.4. The minimum Gasteiger partial charge on any atom is -0.370 e. The van der Waals surface area contributed by atoms with Crippen LogP contribution < -0.4 is 16.8 Å². The third-order valence-electron chi connectivity index (χ3n) is 4.79. The molecule has 0 aromatic carbocycles. The van der Waals surface area contributed by atoms with Crippen LogP contribution in [-0.4, -0.2) is 78.8 Å². The molecule has 2 aliphatic rings. The van der Waals surface area contributed by atoms with Crippen molar-refractivity contribution in [3.05, 3.63) is 17.0 Å². The van der Waals surface area contributed by atoms with Crippen molar-refractivity contribution in [2.75, 3.05) is 32.9 Å². The fourth-order valence-corrected chi connectivity index (χ4v) is 4.75. The van der Waals surface area contributed by atoms with E-state index in [4.69, 9.17) is 11.5 Å². The molecule has 13 heteroatoms. The van der Waals surface area contributed by atoms with Gasteiger partial charge < -0.3 is 26.6 Å². The first-order chi connectivity index (χ1) is 13.0. The van der Waals surface area contributed by atoms with Crippen LogP contribution in [0.3, 0.4) is 0 Å². The molecule has 1 saturated heterocycles. The van der Waals surface area contributed by atoms with E-state index in [1.165, 1.54) is 14.5 Å². The van der Waals surface area contributed by atoms with Gasteiger partial charge in [-0.25, -0.2) is 13.2 Å². The lowest BCUT2D eigenvalue weighted by molar-refractivity contribution is -0.133. The number of carbonyl (C=O) groups excluding carboxylic acids is 2. The van der Waals surface area contributed by atoms with Gasteiger partial charge in [-0.05, 0) is 0 Å². The molecule has 1 aromatic rings. The third kappa shape index (κ3) is 3.48. The van der Waals surface area contributed by atoms with Crippen molar-refractivity contribution in [1.82, 2.24) is 24.9 Å². The lowest BCUT2D eigenvalue weighted by Gasteiger charge is -2.32. The van der Waals surface area contributed by atoms with Gasteiger partial charge in [0.15, 0.2) is 21.8 Å². The maximum atomic E-state index is 12.8. The summed E-state index contributed by atoms with van der Waals surface area (Å²) in [5.41, 5.74) is 11.9. The van der Waals surface area contributed by atoms with E-state index in [2.05, 4.69) is 15.4 Å². The number of guanidine groups is 1. The second-order valence-electron chi connectivity index (χ2n) is 7.06. The average molecular weight is 412 g/mol. The molecule has 0 spiro atoms. The first-order valence-electron chi connectivity index (χ1n) is 8.61. The summed E-state index contributed by atoms with van der Waals surface area (Å²) in [6.45, 7) is 0.234. The summed E-state index contributed by atoms with van der Waals surface area (Å²) in [5.74, 6) is -1.02. The van der Waals surface area contributed by atoms with Crippen LogP contribution in [0.5, 0.6) is 0 Å². The molecule has 1 fully saturated rings. The molecule has 2 atom stereocenters. The number of likely N-dealkylation sites (N-methyl/N-ethyl adjacent to an activating group) is 1. The smallest absolute Gasteiger partial charge is 0.319 e. The Kier molecular flexibility index (Phi) is 4.95. The molecule has 28 heavy (non-hydrogen) atoms. The van der Waals surface area contributed by atoms with Gasteiger partial charge in [-0.3, -0.25) is 14.5 Å². The van der Waals surface area contributed by atoms with Crippen LogP contribution in [0.4, 0.5) is 4.79 Å². The number of amides is 3. The SMILES string of the molecule is CN(C)C(=O)C1c2c(c(CS(=O)(=O)CCN=C(N)N)nn2C)C2CN1C(=O)N2. The zero-order valence-electron chi connectivity index (χ0n) is 15.9. The number of rotatable bonds is 6. The first kappa shape index (κ1) is 19.9. The Balaban J connectivity index is 1.98. The molecular weight excluding hydrogens is 388 g/mol.